The van der Waals surface area contributed by atoms with Crippen LogP contribution in [0.15, 0.2) is 24.3 Å². The smallest absolute Gasteiger partial charge is 0.410 e. The van der Waals surface area contributed by atoms with E-state index in [4.69, 9.17) is 14.2 Å². The van der Waals surface area contributed by atoms with E-state index in [0.717, 1.165) is 0 Å². The average Bonchev–Trinajstić information content (AvgIpc) is 2.69. The fourth-order valence-electron chi connectivity index (χ4n) is 3.61. The second kappa shape index (κ2) is 11.5. The van der Waals surface area contributed by atoms with Crippen LogP contribution in [0, 0.1) is 11.2 Å². The third-order valence-electron chi connectivity index (χ3n) is 5.07. The molecule has 0 spiro atoms. The van der Waals surface area contributed by atoms with Gasteiger partial charge in [0, 0.05) is 6.92 Å². The van der Waals surface area contributed by atoms with Crippen molar-refractivity contribution in [3.63, 3.8) is 0 Å². The summed E-state index contributed by atoms with van der Waals surface area (Å²) in [4.78, 5) is 26.3. The Hall–Kier alpha value is -2.23. The van der Waals surface area contributed by atoms with Crippen molar-refractivity contribution >= 4 is 12.0 Å². The fourth-order valence-corrected chi connectivity index (χ4v) is 3.61. The molecule has 2 N–H and O–H groups in total. The molecule has 1 saturated heterocycles. The molecule has 2 amide bonds. The Bertz CT molecular complexity index is 835. The van der Waals surface area contributed by atoms with Gasteiger partial charge in [0.2, 0.25) is 5.91 Å². The number of aliphatic hydroxyl groups excluding tert-OH is 1. The van der Waals surface area contributed by atoms with Crippen LogP contribution in [0.25, 0.3) is 0 Å². The van der Waals surface area contributed by atoms with Gasteiger partial charge in [0.25, 0.3) is 0 Å². The summed E-state index contributed by atoms with van der Waals surface area (Å²) in [5.74, 6) is -0.767. The van der Waals surface area contributed by atoms with Crippen molar-refractivity contribution in [2.75, 3.05) is 19.8 Å². The first-order valence-electron chi connectivity index (χ1n) is 11.6. The van der Waals surface area contributed by atoms with Gasteiger partial charge in [-0.2, -0.15) is 0 Å². The van der Waals surface area contributed by atoms with Crippen molar-refractivity contribution in [1.29, 1.82) is 0 Å². The minimum atomic E-state index is -1.21. The monoisotopic (exact) mass is 482 g/mol. The number of hydrogen-bond donors (Lipinski definition) is 2. The Balaban J connectivity index is 2.26. The molecule has 1 aromatic rings. The maximum Gasteiger partial charge on any atom is 0.410 e. The molecule has 9 heteroatoms. The molecule has 0 aromatic heterocycles. The van der Waals surface area contributed by atoms with Crippen LogP contribution >= 0.6 is 0 Å². The molecule has 0 bridgehead atoms. The van der Waals surface area contributed by atoms with Gasteiger partial charge in [0.15, 0.2) is 6.29 Å². The number of benzene rings is 1. The van der Waals surface area contributed by atoms with E-state index in [-0.39, 0.29) is 30.9 Å². The molecule has 4 atom stereocenters. The zero-order chi connectivity index (χ0) is 25.7. The van der Waals surface area contributed by atoms with Gasteiger partial charge in [-0.1, -0.05) is 32.9 Å². The van der Waals surface area contributed by atoms with Gasteiger partial charge in [-0.15, -0.1) is 0 Å². The molecule has 1 heterocycles. The summed E-state index contributed by atoms with van der Waals surface area (Å²) in [6.07, 6.45) is -2.33. The molecule has 192 valence electrons. The lowest BCUT2D eigenvalue weighted by atomic mass is 9.95. The van der Waals surface area contributed by atoms with Gasteiger partial charge in [0.1, 0.15) is 11.4 Å². The van der Waals surface area contributed by atoms with Gasteiger partial charge in [0.05, 0.1) is 37.9 Å². The van der Waals surface area contributed by atoms with Gasteiger partial charge < -0.3 is 24.6 Å². The number of carbonyl (C=O) groups is 2. The number of carbonyl (C=O) groups excluding carboxylic acids is 2. The summed E-state index contributed by atoms with van der Waals surface area (Å²) in [5.41, 5.74) is -0.242. The van der Waals surface area contributed by atoms with E-state index in [1.807, 2.05) is 20.8 Å². The van der Waals surface area contributed by atoms with Crippen molar-refractivity contribution in [2.45, 2.75) is 85.0 Å². The minimum Gasteiger partial charge on any atom is -0.444 e. The summed E-state index contributed by atoms with van der Waals surface area (Å²) in [7, 11) is 0. The zero-order valence-electron chi connectivity index (χ0n) is 21.3. The Kier molecular flexibility index (Phi) is 9.45. The maximum atomic E-state index is 13.7. The predicted molar refractivity (Wildman–Crippen MR) is 126 cm³/mol. The molecular formula is C25H39FN2O6. The molecule has 1 aliphatic rings. The standard InChI is InChI=1S/C25H39FN2O6/c1-16(29)27-19(12-17-9-8-10-18(26)11-17)22(30)20-14-32-21(33-15-24(2,3)4)13-28(20)23(31)34-25(5,6)7/h8-11,19-22,30H,12-15H2,1-7H3,(H,27,29)/t19-,20+,21-,22-/m0/s1. The highest BCUT2D eigenvalue weighted by Crippen LogP contribution is 2.24. The Labute approximate surface area is 201 Å². The van der Waals surface area contributed by atoms with Gasteiger partial charge in [-0.3, -0.25) is 9.69 Å². The summed E-state index contributed by atoms with van der Waals surface area (Å²) in [5, 5.41) is 14.0. The molecule has 0 radical (unpaired) electrons. The largest absolute Gasteiger partial charge is 0.444 e. The second-order valence-corrected chi connectivity index (χ2v) is 11.0. The zero-order valence-corrected chi connectivity index (χ0v) is 21.3. The first-order valence-corrected chi connectivity index (χ1v) is 11.6. The van der Waals surface area contributed by atoms with Crippen molar-refractivity contribution in [1.82, 2.24) is 10.2 Å². The highest BCUT2D eigenvalue weighted by Gasteiger charge is 2.42. The molecule has 0 unspecified atom stereocenters. The quantitative estimate of drug-likeness (QED) is 0.619. The van der Waals surface area contributed by atoms with Crippen LogP contribution in [-0.2, 0) is 25.4 Å². The molecule has 8 nitrogen and oxygen atoms in total. The molecule has 0 saturated carbocycles. The molecule has 2 rings (SSSR count). The summed E-state index contributed by atoms with van der Waals surface area (Å²) < 4.78 is 31.0. The number of morpholine rings is 1. The lowest BCUT2D eigenvalue weighted by Gasteiger charge is -2.43. The molecule has 0 aliphatic carbocycles. The van der Waals surface area contributed by atoms with E-state index < -0.39 is 42.0 Å². The second-order valence-electron chi connectivity index (χ2n) is 11.0. The average molecular weight is 483 g/mol. The van der Waals surface area contributed by atoms with Crippen molar-refractivity contribution in [2.24, 2.45) is 5.41 Å². The van der Waals surface area contributed by atoms with Crippen LogP contribution in [0.2, 0.25) is 0 Å². The van der Waals surface area contributed by atoms with E-state index in [1.165, 1.54) is 24.0 Å². The highest BCUT2D eigenvalue weighted by atomic mass is 19.1. The van der Waals surface area contributed by atoms with E-state index in [0.29, 0.717) is 12.2 Å². The van der Waals surface area contributed by atoms with Crippen LogP contribution in [0.4, 0.5) is 9.18 Å². The first-order chi connectivity index (χ1) is 15.6. The van der Waals surface area contributed by atoms with Crippen molar-refractivity contribution < 1.29 is 33.3 Å². The van der Waals surface area contributed by atoms with Crippen LogP contribution < -0.4 is 5.32 Å². The Morgan fingerprint density at radius 1 is 1.26 bits per heavy atom. The Morgan fingerprint density at radius 2 is 1.94 bits per heavy atom. The topological polar surface area (TPSA) is 97.3 Å². The number of nitrogens with zero attached hydrogens (tertiary/aromatic N) is 1. The third kappa shape index (κ3) is 9.19. The lowest BCUT2D eigenvalue weighted by Crippen LogP contribution is -2.62. The fraction of sp³-hybridized carbons (Fsp3) is 0.680. The van der Waals surface area contributed by atoms with E-state index in [1.54, 1.807) is 32.9 Å². The number of hydrogen-bond acceptors (Lipinski definition) is 6. The normalized spacial score (nSPS) is 21.0. The first kappa shape index (κ1) is 28.0. The minimum absolute atomic E-state index is 0.0194. The number of rotatable bonds is 7. The van der Waals surface area contributed by atoms with Crippen LogP contribution in [-0.4, -0.2) is 71.8 Å². The number of halogens is 1. The lowest BCUT2D eigenvalue weighted by molar-refractivity contribution is -0.211. The summed E-state index contributed by atoms with van der Waals surface area (Å²) >= 11 is 0. The van der Waals surface area contributed by atoms with Crippen molar-refractivity contribution in [3.8, 4) is 0 Å². The SMILES string of the molecule is CC(=O)N[C@@H](Cc1cccc(F)c1)[C@H](O)[C@H]1CO[C@@H](OCC(C)(C)C)CN1C(=O)OC(C)(C)C. The van der Waals surface area contributed by atoms with Crippen LogP contribution in [0.3, 0.4) is 0 Å². The highest BCUT2D eigenvalue weighted by molar-refractivity contribution is 5.73. The third-order valence-corrected chi connectivity index (χ3v) is 5.07. The number of ether oxygens (including phenoxy) is 3. The number of aliphatic hydroxyl groups is 1. The van der Waals surface area contributed by atoms with E-state index in [2.05, 4.69) is 5.32 Å². The molecule has 1 aliphatic heterocycles. The number of amides is 2. The van der Waals surface area contributed by atoms with E-state index >= 15 is 0 Å². The van der Waals surface area contributed by atoms with Gasteiger partial charge >= 0.3 is 6.09 Å². The molecular weight excluding hydrogens is 443 g/mol. The summed E-state index contributed by atoms with van der Waals surface area (Å²) in [6.45, 7) is 13.1. The van der Waals surface area contributed by atoms with Crippen LogP contribution in [0.1, 0.15) is 54.0 Å². The molecule has 34 heavy (non-hydrogen) atoms. The van der Waals surface area contributed by atoms with Crippen molar-refractivity contribution in [3.05, 3.63) is 35.6 Å². The van der Waals surface area contributed by atoms with E-state index in [9.17, 15) is 19.1 Å². The number of nitrogens with one attached hydrogen (secondary N) is 1. The predicted octanol–water partition coefficient (Wildman–Crippen LogP) is 3.26. The maximum absolute atomic E-state index is 13.7. The van der Waals surface area contributed by atoms with Gasteiger partial charge in [-0.05, 0) is 50.3 Å². The molecule has 1 aromatic carbocycles. The summed E-state index contributed by atoms with van der Waals surface area (Å²) in [6, 6.07) is 4.35. The van der Waals surface area contributed by atoms with Crippen LogP contribution in [0.5, 0.6) is 0 Å². The molecule has 1 fully saturated rings. The Morgan fingerprint density at radius 3 is 2.50 bits per heavy atom. The van der Waals surface area contributed by atoms with Gasteiger partial charge in [-0.25, -0.2) is 9.18 Å².